The molecule has 0 spiro atoms. The number of nitrogens with one attached hydrogen (secondary N) is 2. The first-order valence-electron chi connectivity index (χ1n) is 8.33. The topological polar surface area (TPSA) is 78.1 Å². The van der Waals surface area contributed by atoms with Crippen molar-refractivity contribution < 1.29 is 4.79 Å². The van der Waals surface area contributed by atoms with Gasteiger partial charge in [0.15, 0.2) is 0 Å². The van der Waals surface area contributed by atoms with Crippen LogP contribution in [0.1, 0.15) is 31.4 Å². The molecule has 2 atom stereocenters. The summed E-state index contributed by atoms with van der Waals surface area (Å²) in [6.45, 7) is 3.39. The number of rotatable bonds is 3. The van der Waals surface area contributed by atoms with E-state index in [9.17, 15) is 9.59 Å². The van der Waals surface area contributed by atoms with E-state index in [0.717, 1.165) is 38.0 Å². The second-order valence-electron chi connectivity index (χ2n) is 6.42. The van der Waals surface area contributed by atoms with E-state index >= 15 is 0 Å². The molecule has 126 valence electrons. The third-order valence-corrected chi connectivity index (χ3v) is 5.67. The molecule has 1 amide bonds. The molecule has 2 aliphatic heterocycles. The van der Waals surface area contributed by atoms with Crippen molar-refractivity contribution in [1.82, 2.24) is 15.3 Å². The average molecular weight is 336 g/mol. The van der Waals surface area contributed by atoms with Crippen molar-refractivity contribution in [1.29, 1.82) is 0 Å². The molecular weight excluding hydrogens is 312 g/mol. The number of nitrogens with zero attached hydrogens (tertiary/aromatic N) is 2. The van der Waals surface area contributed by atoms with Gasteiger partial charge in [-0.3, -0.25) is 14.6 Å². The van der Waals surface area contributed by atoms with Crippen molar-refractivity contribution in [3.05, 3.63) is 22.1 Å². The number of aromatic nitrogens is 2. The molecule has 2 N–H and O–H groups in total. The lowest BCUT2D eigenvalue weighted by molar-refractivity contribution is -0.125. The van der Waals surface area contributed by atoms with Crippen molar-refractivity contribution in [2.24, 2.45) is 5.92 Å². The van der Waals surface area contributed by atoms with Crippen LogP contribution in [0.5, 0.6) is 0 Å². The van der Waals surface area contributed by atoms with Crippen LogP contribution in [0.4, 0.5) is 5.95 Å². The van der Waals surface area contributed by atoms with Crippen LogP contribution in [-0.4, -0.2) is 46.5 Å². The zero-order valence-electron chi connectivity index (χ0n) is 13.5. The minimum atomic E-state index is -0.127. The molecule has 0 saturated carbocycles. The van der Waals surface area contributed by atoms with E-state index in [1.54, 1.807) is 0 Å². The van der Waals surface area contributed by atoms with Crippen LogP contribution in [0.2, 0.25) is 0 Å². The molecule has 3 rings (SSSR count). The van der Waals surface area contributed by atoms with E-state index in [4.69, 9.17) is 0 Å². The maximum atomic E-state index is 12.4. The van der Waals surface area contributed by atoms with Crippen LogP contribution in [0, 0.1) is 12.8 Å². The van der Waals surface area contributed by atoms with Crippen molar-refractivity contribution >= 4 is 23.6 Å². The Bertz CT molecular complexity index is 612. The Morgan fingerprint density at radius 2 is 2.30 bits per heavy atom. The SMILES string of the molecule is Cc1cc(=O)[nH]c(N2CCCC(NC(=O)C3CCCSC3)C2)n1. The largest absolute Gasteiger partial charge is 0.351 e. The highest BCUT2D eigenvalue weighted by atomic mass is 32.2. The number of aryl methyl sites for hydroxylation is 1. The fraction of sp³-hybridized carbons (Fsp3) is 0.688. The van der Waals surface area contributed by atoms with Gasteiger partial charge in [-0.05, 0) is 38.4 Å². The number of thioether (sulfide) groups is 1. The van der Waals surface area contributed by atoms with Gasteiger partial charge < -0.3 is 10.2 Å². The Kier molecular flexibility index (Phi) is 5.25. The zero-order valence-corrected chi connectivity index (χ0v) is 14.3. The Morgan fingerprint density at radius 3 is 3.04 bits per heavy atom. The van der Waals surface area contributed by atoms with Gasteiger partial charge in [-0.1, -0.05) is 0 Å². The Hall–Kier alpha value is -1.50. The van der Waals surface area contributed by atoms with Gasteiger partial charge in [0.25, 0.3) is 5.56 Å². The van der Waals surface area contributed by atoms with Crippen LogP contribution >= 0.6 is 11.8 Å². The number of carbonyl (C=O) groups is 1. The maximum absolute atomic E-state index is 12.4. The number of hydrogen-bond acceptors (Lipinski definition) is 5. The molecule has 7 heteroatoms. The minimum absolute atomic E-state index is 0.127. The smallest absolute Gasteiger partial charge is 0.252 e. The van der Waals surface area contributed by atoms with Gasteiger partial charge in [0.2, 0.25) is 11.9 Å². The third kappa shape index (κ3) is 4.28. The van der Waals surface area contributed by atoms with Gasteiger partial charge in [-0.15, -0.1) is 0 Å². The predicted molar refractivity (Wildman–Crippen MR) is 93.0 cm³/mol. The molecule has 23 heavy (non-hydrogen) atoms. The second-order valence-corrected chi connectivity index (χ2v) is 7.57. The first-order chi connectivity index (χ1) is 11.1. The molecule has 2 fully saturated rings. The summed E-state index contributed by atoms with van der Waals surface area (Å²) in [5.74, 6) is 3.07. The van der Waals surface area contributed by atoms with Crippen LogP contribution < -0.4 is 15.8 Å². The van der Waals surface area contributed by atoms with Gasteiger partial charge in [0.1, 0.15) is 0 Å². The Labute approximate surface area is 140 Å². The van der Waals surface area contributed by atoms with Crippen molar-refractivity contribution in [3.63, 3.8) is 0 Å². The minimum Gasteiger partial charge on any atom is -0.351 e. The van der Waals surface area contributed by atoms with Crippen LogP contribution in [0.25, 0.3) is 0 Å². The number of carbonyl (C=O) groups excluding carboxylic acids is 1. The van der Waals surface area contributed by atoms with Crippen molar-refractivity contribution in [3.8, 4) is 0 Å². The fourth-order valence-corrected chi connectivity index (χ4v) is 4.41. The predicted octanol–water partition coefficient (Wildman–Crippen LogP) is 1.31. The van der Waals surface area contributed by atoms with Crippen LogP contribution in [0.15, 0.2) is 10.9 Å². The summed E-state index contributed by atoms with van der Waals surface area (Å²) < 4.78 is 0. The number of amides is 1. The monoisotopic (exact) mass is 336 g/mol. The average Bonchev–Trinajstić information content (AvgIpc) is 2.55. The fourth-order valence-electron chi connectivity index (χ4n) is 3.27. The lowest BCUT2D eigenvalue weighted by atomic mass is 10.0. The van der Waals surface area contributed by atoms with Crippen molar-refractivity contribution in [2.75, 3.05) is 29.5 Å². The Morgan fingerprint density at radius 1 is 1.43 bits per heavy atom. The molecule has 2 saturated heterocycles. The van der Waals surface area contributed by atoms with Crippen molar-refractivity contribution in [2.45, 2.75) is 38.6 Å². The third-order valence-electron chi connectivity index (χ3n) is 4.46. The van der Waals surface area contributed by atoms with Gasteiger partial charge in [-0.25, -0.2) is 4.98 Å². The van der Waals surface area contributed by atoms with E-state index in [-0.39, 0.29) is 23.4 Å². The summed E-state index contributed by atoms with van der Waals surface area (Å²) in [6, 6.07) is 1.63. The summed E-state index contributed by atoms with van der Waals surface area (Å²) >= 11 is 1.87. The summed E-state index contributed by atoms with van der Waals surface area (Å²) in [4.78, 5) is 33.3. The zero-order chi connectivity index (χ0) is 16.2. The van der Waals surface area contributed by atoms with Gasteiger partial charge >= 0.3 is 0 Å². The number of anilines is 1. The van der Waals surface area contributed by atoms with E-state index in [1.165, 1.54) is 11.8 Å². The highest BCUT2D eigenvalue weighted by Crippen LogP contribution is 2.23. The summed E-state index contributed by atoms with van der Waals surface area (Å²) in [6.07, 6.45) is 4.11. The quantitative estimate of drug-likeness (QED) is 0.870. The van der Waals surface area contributed by atoms with Gasteiger partial charge in [0.05, 0.1) is 0 Å². The first kappa shape index (κ1) is 16.4. The lowest BCUT2D eigenvalue weighted by Gasteiger charge is -2.34. The lowest BCUT2D eigenvalue weighted by Crippen LogP contribution is -2.50. The molecule has 0 aromatic carbocycles. The number of hydrogen-bond donors (Lipinski definition) is 2. The summed E-state index contributed by atoms with van der Waals surface area (Å²) in [7, 11) is 0. The van der Waals surface area contributed by atoms with E-state index in [0.29, 0.717) is 18.2 Å². The highest BCUT2D eigenvalue weighted by Gasteiger charge is 2.27. The standard InChI is InChI=1S/C16H24N4O2S/c1-11-8-14(21)19-16(17-11)20-6-2-5-13(9-20)18-15(22)12-4-3-7-23-10-12/h8,12-13H,2-7,9-10H2,1H3,(H,18,22)(H,17,19,21). The summed E-state index contributed by atoms with van der Waals surface area (Å²) in [5.41, 5.74) is 0.590. The Balaban J connectivity index is 1.61. The number of H-pyrrole nitrogens is 1. The first-order valence-corrected chi connectivity index (χ1v) is 9.48. The van der Waals surface area contributed by atoms with Gasteiger partial charge in [-0.2, -0.15) is 11.8 Å². The van der Waals surface area contributed by atoms with E-state index < -0.39 is 0 Å². The second kappa shape index (κ2) is 7.38. The molecule has 3 heterocycles. The van der Waals surface area contributed by atoms with E-state index in [2.05, 4.69) is 20.2 Å². The molecule has 2 aliphatic rings. The molecule has 0 aliphatic carbocycles. The van der Waals surface area contributed by atoms with E-state index in [1.807, 2.05) is 18.7 Å². The molecular formula is C16H24N4O2S. The number of aromatic amines is 1. The normalized spacial score (nSPS) is 25.2. The molecule has 0 radical (unpaired) electrons. The highest BCUT2D eigenvalue weighted by molar-refractivity contribution is 7.99. The van der Waals surface area contributed by atoms with Gasteiger partial charge in [0, 0.05) is 42.6 Å². The molecule has 6 nitrogen and oxygen atoms in total. The molecule has 0 bridgehead atoms. The van der Waals surface area contributed by atoms with Crippen LogP contribution in [0.3, 0.4) is 0 Å². The molecule has 1 aromatic rings. The maximum Gasteiger partial charge on any atom is 0.252 e. The summed E-state index contributed by atoms with van der Waals surface area (Å²) in [5, 5.41) is 3.20. The molecule has 1 aromatic heterocycles. The molecule has 2 unspecified atom stereocenters. The van der Waals surface area contributed by atoms with Crippen LogP contribution in [-0.2, 0) is 4.79 Å². The number of piperidine rings is 1.